The number of halogens is 4. The second-order valence-electron chi connectivity index (χ2n) is 5.63. The summed E-state index contributed by atoms with van der Waals surface area (Å²) in [4.78, 5) is 14.5. The first-order valence-corrected chi connectivity index (χ1v) is 8.20. The molecule has 2 aromatic carbocycles. The normalized spacial score (nSPS) is 16.8. The van der Waals surface area contributed by atoms with E-state index in [9.17, 15) is 4.79 Å². The molecule has 1 heterocycles. The van der Waals surface area contributed by atoms with Crippen LogP contribution in [0, 0.1) is 0 Å². The number of carbonyl (C=O) groups excluding carboxylic acids is 1. The lowest BCUT2D eigenvalue weighted by atomic mass is 9.90. The second kappa shape index (κ2) is 9.53. The van der Waals surface area contributed by atoms with Crippen LogP contribution in [0.2, 0.25) is 10.0 Å². The molecule has 0 spiro atoms. The summed E-state index contributed by atoms with van der Waals surface area (Å²) in [5, 5.41) is 1.14. The third kappa shape index (κ3) is 4.80. The zero-order valence-corrected chi connectivity index (χ0v) is 16.1. The quantitative estimate of drug-likeness (QED) is 0.611. The van der Waals surface area contributed by atoms with Crippen LogP contribution in [0.4, 0.5) is 0 Å². The minimum absolute atomic E-state index is 0. The summed E-state index contributed by atoms with van der Waals surface area (Å²) in [5.74, 6) is 0.418. The third-order valence-electron chi connectivity index (χ3n) is 4.14. The van der Waals surface area contributed by atoms with Crippen LogP contribution in [0.15, 0.2) is 48.5 Å². The lowest BCUT2D eigenvalue weighted by Gasteiger charge is -2.33. The molecule has 24 heavy (non-hydrogen) atoms. The van der Waals surface area contributed by atoms with E-state index in [-0.39, 0.29) is 30.7 Å². The van der Waals surface area contributed by atoms with Crippen molar-refractivity contribution in [2.45, 2.75) is 18.8 Å². The van der Waals surface area contributed by atoms with Crippen molar-refractivity contribution in [2.75, 3.05) is 13.1 Å². The molecule has 3 rings (SSSR count). The number of piperidine rings is 1. The molecular formula is C18H19Cl4NO. The van der Waals surface area contributed by atoms with Gasteiger partial charge in [0.1, 0.15) is 0 Å². The van der Waals surface area contributed by atoms with Crippen molar-refractivity contribution < 1.29 is 4.79 Å². The van der Waals surface area contributed by atoms with Gasteiger partial charge in [0, 0.05) is 24.6 Å². The monoisotopic (exact) mass is 405 g/mol. The van der Waals surface area contributed by atoms with Gasteiger partial charge in [-0.25, -0.2) is 0 Å². The van der Waals surface area contributed by atoms with Gasteiger partial charge in [0.15, 0.2) is 0 Å². The van der Waals surface area contributed by atoms with E-state index in [0.29, 0.717) is 16.0 Å². The Morgan fingerprint density at radius 1 is 1.00 bits per heavy atom. The van der Waals surface area contributed by atoms with Crippen LogP contribution in [-0.4, -0.2) is 23.9 Å². The van der Waals surface area contributed by atoms with Crippen molar-refractivity contribution in [3.63, 3.8) is 0 Å². The highest BCUT2D eigenvalue weighted by Gasteiger charge is 2.25. The average molecular weight is 407 g/mol. The summed E-state index contributed by atoms with van der Waals surface area (Å²) in [6.45, 7) is 1.54. The number of nitrogens with zero attached hydrogens (tertiary/aromatic N) is 1. The molecule has 0 saturated carbocycles. The summed E-state index contributed by atoms with van der Waals surface area (Å²) >= 11 is 12.1. The SMILES string of the molecule is Cl.Cl.O=C(c1ccccc1)N1CCCC(c2ccc(Cl)c(Cl)c2)C1. The number of hydrogen-bond donors (Lipinski definition) is 0. The molecule has 0 bridgehead atoms. The van der Waals surface area contributed by atoms with Crippen molar-refractivity contribution in [3.8, 4) is 0 Å². The number of likely N-dealkylation sites (tertiary alicyclic amines) is 1. The van der Waals surface area contributed by atoms with Gasteiger partial charge in [-0.1, -0.05) is 47.5 Å². The minimum Gasteiger partial charge on any atom is -0.338 e. The molecular weight excluding hydrogens is 388 g/mol. The topological polar surface area (TPSA) is 20.3 Å². The molecule has 1 atom stereocenters. The minimum atomic E-state index is 0. The molecule has 1 aliphatic rings. The number of rotatable bonds is 2. The lowest BCUT2D eigenvalue weighted by molar-refractivity contribution is 0.0707. The lowest BCUT2D eigenvalue weighted by Crippen LogP contribution is -2.39. The average Bonchev–Trinajstić information content (AvgIpc) is 2.57. The molecule has 0 radical (unpaired) electrons. The van der Waals surface area contributed by atoms with Gasteiger partial charge in [0.25, 0.3) is 5.91 Å². The summed E-state index contributed by atoms with van der Waals surface area (Å²) < 4.78 is 0. The fraction of sp³-hybridized carbons (Fsp3) is 0.278. The van der Waals surface area contributed by atoms with Gasteiger partial charge in [0.05, 0.1) is 10.0 Å². The Bertz CT molecular complexity index is 678. The van der Waals surface area contributed by atoms with E-state index < -0.39 is 0 Å². The summed E-state index contributed by atoms with van der Waals surface area (Å²) in [5.41, 5.74) is 1.90. The van der Waals surface area contributed by atoms with Crippen molar-refractivity contribution in [3.05, 3.63) is 69.7 Å². The van der Waals surface area contributed by atoms with Crippen LogP contribution in [0.1, 0.15) is 34.7 Å². The van der Waals surface area contributed by atoms with Crippen LogP contribution < -0.4 is 0 Å². The molecule has 6 heteroatoms. The van der Waals surface area contributed by atoms with Gasteiger partial charge in [-0.15, -0.1) is 24.8 Å². The first-order valence-electron chi connectivity index (χ1n) is 7.44. The Morgan fingerprint density at radius 2 is 1.71 bits per heavy atom. The summed E-state index contributed by atoms with van der Waals surface area (Å²) in [6, 6.07) is 15.2. The highest BCUT2D eigenvalue weighted by atomic mass is 35.5. The van der Waals surface area contributed by atoms with E-state index in [1.54, 1.807) is 0 Å². The van der Waals surface area contributed by atoms with E-state index in [4.69, 9.17) is 23.2 Å². The van der Waals surface area contributed by atoms with E-state index in [2.05, 4.69) is 0 Å². The Balaban J connectivity index is 0.00000144. The maximum atomic E-state index is 12.6. The van der Waals surface area contributed by atoms with E-state index in [0.717, 1.165) is 37.1 Å². The molecule has 2 aromatic rings. The van der Waals surface area contributed by atoms with E-state index >= 15 is 0 Å². The molecule has 1 aliphatic heterocycles. The first-order chi connectivity index (χ1) is 10.6. The second-order valence-corrected chi connectivity index (χ2v) is 6.44. The smallest absolute Gasteiger partial charge is 0.253 e. The van der Waals surface area contributed by atoms with Crippen molar-refractivity contribution >= 4 is 53.9 Å². The van der Waals surface area contributed by atoms with Crippen molar-refractivity contribution in [1.29, 1.82) is 0 Å². The van der Waals surface area contributed by atoms with Crippen LogP contribution in [0.25, 0.3) is 0 Å². The van der Waals surface area contributed by atoms with Crippen LogP contribution >= 0.6 is 48.0 Å². The van der Waals surface area contributed by atoms with Gasteiger partial charge < -0.3 is 4.90 Å². The fourth-order valence-corrected chi connectivity index (χ4v) is 3.27. The number of carbonyl (C=O) groups is 1. The predicted octanol–water partition coefficient (Wildman–Crippen LogP) is 5.86. The fourth-order valence-electron chi connectivity index (χ4n) is 2.96. The summed E-state index contributed by atoms with van der Waals surface area (Å²) in [7, 11) is 0. The maximum absolute atomic E-state index is 12.6. The first kappa shape index (κ1) is 21.1. The molecule has 0 aliphatic carbocycles. The number of amides is 1. The number of hydrogen-bond acceptors (Lipinski definition) is 1. The summed E-state index contributed by atoms with van der Waals surface area (Å²) in [6.07, 6.45) is 2.07. The van der Waals surface area contributed by atoms with Gasteiger partial charge in [-0.05, 0) is 42.7 Å². The molecule has 1 unspecified atom stereocenters. The molecule has 1 amide bonds. The zero-order chi connectivity index (χ0) is 15.5. The Labute approximate surface area is 165 Å². The maximum Gasteiger partial charge on any atom is 0.253 e. The van der Waals surface area contributed by atoms with Crippen molar-refractivity contribution in [1.82, 2.24) is 4.90 Å². The van der Waals surface area contributed by atoms with Crippen LogP contribution in [0.5, 0.6) is 0 Å². The standard InChI is InChI=1S/C18H17Cl2NO.2ClH/c19-16-9-8-14(11-17(16)20)15-7-4-10-21(12-15)18(22)13-5-2-1-3-6-13;;/h1-3,5-6,8-9,11,15H,4,7,10,12H2;2*1H. The van der Waals surface area contributed by atoms with Crippen LogP contribution in [0.3, 0.4) is 0 Å². The highest BCUT2D eigenvalue weighted by molar-refractivity contribution is 6.42. The predicted molar refractivity (Wildman–Crippen MR) is 105 cm³/mol. The Kier molecular flexibility index (Phi) is 8.38. The van der Waals surface area contributed by atoms with Crippen molar-refractivity contribution in [2.24, 2.45) is 0 Å². The molecule has 1 saturated heterocycles. The van der Waals surface area contributed by atoms with Gasteiger partial charge in [-0.2, -0.15) is 0 Å². The van der Waals surface area contributed by atoms with Gasteiger partial charge in [-0.3, -0.25) is 4.79 Å². The van der Waals surface area contributed by atoms with Gasteiger partial charge >= 0.3 is 0 Å². The Hall–Kier alpha value is -0.930. The highest BCUT2D eigenvalue weighted by Crippen LogP contribution is 2.31. The number of benzene rings is 2. The molecule has 130 valence electrons. The molecule has 2 nitrogen and oxygen atoms in total. The largest absolute Gasteiger partial charge is 0.338 e. The molecule has 0 N–H and O–H groups in total. The Morgan fingerprint density at radius 3 is 2.38 bits per heavy atom. The van der Waals surface area contributed by atoms with Crippen LogP contribution in [-0.2, 0) is 0 Å². The molecule has 1 fully saturated rings. The van der Waals surface area contributed by atoms with E-state index in [1.165, 1.54) is 0 Å². The van der Waals surface area contributed by atoms with Gasteiger partial charge in [0.2, 0.25) is 0 Å². The molecule has 0 aromatic heterocycles. The van der Waals surface area contributed by atoms with E-state index in [1.807, 2.05) is 53.4 Å². The zero-order valence-electron chi connectivity index (χ0n) is 13.0. The third-order valence-corrected chi connectivity index (χ3v) is 4.88.